The Balaban J connectivity index is 1.76. The Kier molecular flexibility index (Phi) is 3.30. The zero-order valence-electron chi connectivity index (χ0n) is 12.2. The predicted molar refractivity (Wildman–Crippen MR) is 73.1 cm³/mol. The minimum Gasteiger partial charge on any atom is -0.325 e. The van der Waals surface area contributed by atoms with Gasteiger partial charge in [0, 0.05) is 43.3 Å². The Morgan fingerprint density at radius 2 is 1.47 bits per heavy atom. The molecule has 0 aromatic rings. The van der Waals surface area contributed by atoms with Crippen LogP contribution in [-0.2, 0) is 0 Å². The van der Waals surface area contributed by atoms with E-state index in [1.807, 2.05) is 0 Å². The summed E-state index contributed by atoms with van der Waals surface area (Å²) in [7, 11) is 0. The minimum absolute atomic E-state index is 0.338. The highest BCUT2D eigenvalue weighted by Gasteiger charge is 2.41. The van der Waals surface area contributed by atoms with Crippen molar-refractivity contribution in [2.24, 2.45) is 11.7 Å². The van der Waals surface area contributed by atoms with Crippen LogP contribution in [0.2, 0.25) is 0 Å². The largest absolute Gasteiger partial charge is 0.325 e. The van der Waals surface area contributed by atoms with Gasteiger partial charge in [-0.3, -0.25) is 9.80 Å². The van der Waals surface area contributed by atoms with E-state index in [2.05, 4.69) is 44.4 Å². The summed E-state index contributed by atoms with van der Waals surface area (Å²) >= 11 is 0. The molecule has 100 valence electrons. The lowest BCUT2D eigenvalue weighted by molar-refractivity contribution is -0.0357. The third kappa shape index (κ3) is 2.83. The third-order valence-electron chi connectivity index (χ3n) is 4.46. The van der Waals surface area contributed by atoms with Gasteiger partial charge in [0.25, 0.3) is 0 Å². The highest BCUT2D eigenvalue weighted by atomic mass is 15.3. The molecule has 2 aliphatic rings. The van der Waals surface area contributed by atoms with Crippen molar-refractivity contribution < 1.29 is 0 Å². The number of nitrogens with zero attached hydrogens (tertiary/aromatic N) is 2. The van der Waals surface area contributed by atoms with Crippen molar-refractivity contribution in [2.75, 3.05) is 26.2 Å². The van der Waals surface area contributed by atoms with Gasteiger partial charge in [-0.25, -0.2) is 0 Å². The first-order valence-electron chi connectivity index (χ1n) is 6.94. The molecule has 0 amide bonds. The smallest absolute Gasteiger partial charge is 0.0297 e. The van der Waals surface area contributed by atoms with Gasteiger partial charge < -0.3 is 5.73 Å². The molecule has 2 aliphatic heterocycles. The maximum atomic E-state index is 5.87. The number of hydrogen-bond donors (Lipinski definition) is 1. The Bertz CT molecular complexity index is 268. The lowest BCUT2D eigenvalue weighted by atomic mass is 9.81. The average molecular weight is 239 g/mol. The summed E-state index contributed by atoms with van der Waals surface area (Å²) in [5.41, 5.74) is 6.56. The van der Waals surface area contributed by atoms with Gasteiger partial charge in [0.1, 0.15) is 0 Å². The van der Waals surface area contributed by atoms with Crippen molar-refractivity contribution in [1.82, 2.24) is 9.80 Å². The molecule has 2 rings (SSSR count). The number of rotatable bonds is 3. The third-order valence-corrected chi connectivity index (χ3v) is 4.46. The molecule has 3 heteroatoms. The van der Waals surface area contributed by atoms with Crippen molar-refractivity contribution >= 4 is 0 Å². The van der Waals surface area contributed by atoms with Crippen LogP contribution in [0.4, 0.5) is 0 Å². The van der Waals surface area contributed by atoms with E-state index in [-0.39, 0.29) is 0 Å². The summed E-state index contributed by atoms with van der Waals surface area (Å²) < 4.78 is 0. The number of nitrogens with two attached hydrogens (primary N) is 1. The first kappa shape index (κ1) is 13.3. The summed E-state index contributed by atoms with van der Waals surface area (Å²) in [5, 5.41) is 0. The first-order chi connectivity index (χ1) is 7.68. The first-order valence-corrected chi connectivity index (χ1v) is 6.94. The molecule has 0 bridgehead atoms. The van der Waals surface area contributed by atoms with E-state index in [0.29, 0.717) is 17.1 Å². The van der Waals surface area contributed by atoms with Crippen LogP contribution in [0, 0.1) is 5.92 Å². The molecule has 0 aliphatic carbocycles. The van der Waals surface area contributed by atoms with Crippen LogP contribution >= 0.6 is 0 Å². The predicted octanol–water partition coefficient (Wildman–Crippen LogP) is 1.53. The summed E-state index contributed by atoms with van der Waals surface area (Å²) in [4.78, 5) is 5.12. The molecule has 0 saturated carbocycles. The molecule has 17 heavy (non-hydrogen) atoms. The second kappa shape index (κ2) is 4.22. The van der Waals surface area contributed by atoms with E-state index < -0.39 is 0 Å². The number of likely N-dealkylation sites (tertiary alicyclic amines) is 2. The molecular formula is C14H29N3. The lowest BCUT2D eigenvalue weighted by Gasteiger charge is -2.54. The van der Waals surface area contributed by atoms with E-state index in [1.165, 1.54) is 19.5 Å². The minimum atomic E-state index is 0.338. The molecule has 2 N–H and O–H groups in total. The normalized spacial score (nSPS) is 25.8. The van der Waals surface area contributed by atoms with Gasteiger partial charge in [-0.15, -0.1) is 0 Å². The zero-order chi connectivity index (χ0) is 12.8. The Hall–Kier alpha value is -0.120. The molecule has 0 aromatic carbocycles. The standard InChI is InChI=1S/C14H29N3/c1-13(2,3)16-7-11(8-16)6-14(4,5)17-9-12(15)10-17/h11-12H,6-10,15H2,1-5H3. The second-order valence-corrected chi connectivity index (χ2v) is 7.62. The van der Waals surface area contributed by atoms with Crippen LogP contribution in [0.5, 0.6) is 0 Å². The molecule has 0 radical (unpaired) electrons. The van der Waals surface area contributed by atoms with Gasteiger partial charge in [0.05, 0.1) is 0 Å². The topological polar surface area (TPSA) is 32.5 Å². The van der Waals surface area contributed by atoms with E-state index in [1.54, 1.807) is 0 Å². The van der Waals surface area contributed by atoms with Gasteiger partial charge in [-0.1, -0.05) is 0 Å². The van der Waals surface area contributed by atoms with Gasteiger partial charge in [0.2, 0.25) is 0 Å². The molecule has 0 atom stereocenters. The van der Waals surface area contributed by atoms with E-state index in [4.69, 9.17) is 5.73 Å². The highest BCUT2D eigenvalue weighted by molar-refractivity contribution is 4.98. The summed E-state index contributed by atoms with van der Waals surface area (Å²) in [6, 6.07) is 0.418. The summed E-state index contributed by atoms with van der Waals surface area (Å²) in [6.45, 7) is 16.4. The summed E-state index contributed by atoms with van der Waals surface area (Å²) in [6.07, 6.45) is 1.31. The van der Waals surface area contributed by atoms with Gasteiger partial charge >= 0.3 is 0 Å². The number of hydrogen-bond acceptors (Lipinski definition) is 3. The van der Waals surface area contributed by atoms with Gasteiger partial charge in [-0.05, 0) is 47.0 Å². The Labute approximate surface area is 106 Å². The van der Waals surface area contributed by atoms with Crippen molar-refractivity contribution in [3.63, 3.8) is 0 Å². The Morgan fingerprint density at radius 3 is 1.88 bits per heavy atom. The summed E-state index contributed by atoms with van der Waals surface area (Å²) in [5.74, 6) is 0.876. The molecule has 0 aromatic heterocycles. The average Bonchev–Trinajstić information content (AvgIpc) is 2.03. The maximum absolute atomic E-state index is 5.87. The maximum Gasteiger partial charge on any atom is 0.0297 e. The van der Waals surface area contributed by atoms with Gasteiger partial charge in [0.15, 0.2) is 0 Å². The molecular weight excluding hydrogens is 210 g/mol. The molecule has 2 fully saturated rings. The quantitative estimate of drug-likeness (QED) is 0.810. The fourth-order valence-corrected chi connectivity index (χ4v) is 3.09. The molecule has 2 saturated heterocycles. The molecule has 0 spiro atoms. The van der Waals surface area contributed by atoms with E-state index in [0.717, 1.165) is 19.0 Å². The van der Waals surface area contributed by atoms with Crippen LogP contribution in [0.3, 0.4) is 0 Å². The SMILES string of the molecule is CC(C)(C)N1CC(CC(C)(C)N2CC(N)C2)C1. The Morgan fingerprint density at radius 1 is 0.941 bits per heavy atom. The fourth-order valence-electron chi connectivity index (χ4n) is 3.09. The highest BCUT2D eigenvalue weighted by Crippen LogP contribution is 2.34. The molecule has 3 nitrogen and oxygen atoms in total. The van der Waals surface area contributed by atoms with Crippen LogP contribution in [-0.4, -0.2) is 53.1 Å². The van der Waals surface area contributed by atoms with E-state index >= 15 is 0 Å². The zero-order valence-corrected chi connectivity index (χ0v) is 12.2. The fraction of sp³-hybridized carbons (Fsp3) is 1.00. The van der Waals surface area contributed by atoms with Crippen molar-refractivity contribution in [3.8, 4) is 0 Å². The second-order valence-electron chi connectivity index (χ2n) is 7.62. The van der Waals surface area contributed by atoms with Crippen molar-refractivity contribution in [3.05, 3.63) is 0 Å². The van der Waals surface area contributed by atoms with Crippen LogP contribution < -0.4 is 5.73 Å². The molecule has 0 unspecified atom stereocenters. The lowest BCUT2D eigenvalue weighted by Crippen LogP contribution is -2.65. The van der Waals surface area contributed by atoms with Crippen LogP contribution in [0.25, 0.3) is 0 Å². The molecule has 2 heterocycles. The van der Waals surface area contributed by atoms with Crippen molar-refractivity contribution in [2.45, 2.75) is 58.2 Å². The van der Waals surface area contributed by atoms with E-state index in [9.17, 15) is 0 Å². The van der Waals surface area contributed by atoms with Crippen LogP contribution in [0.1, 0.15) is 41.0 Å². The monoisotopic (exact) mass is 239 g/mol. The van der Waals surface area contributed by atoms with Crippen LogP contribution in [0.15, 0.2) is 0 Å². The van der Waals surface area contributed by atoms with Gasteiger partial charge in [-0.2, -0.15) is 0 Å². The van der Waals surface area contributed by atoms with Crippen molar-refractivity contribution in [1.29, 1.82) is 0 Å².